The van der Waals surface area contributed by atoms with Gasteiger partial charge in [0.05, 0.1) is 0 Å². The molecule has 0 aromatic heterocycles. The smallest absolute Gasteiger partial charge is 0.0441 e. The van der Waals surface area contributed by atoms with Crippen molar-refractivity contribution in [2.75, 3.05) is 12.8 Å². The Kier molecular flexibility index (Phi) is 5.27. The van der Waals surface area contributed by atoms with Crippen LogP contribution in [0.3, 0.4) is 0 Å². The van der Waals surface area contributed by atoms with Crippen molar-refractivity contribution in [3.63, 3.8) is 0 Å². The van der Waals surface area contributed by atoms with Crippen molar-refractivity contribution in [1.82, 2.24) is 5.32 Å². The van der Waals surface area contributed by atoms with Crippen LogP contribution in [-0.2, 0) is 10.8 Å². The highest BCUT2D eigenvalue weighted by Gasteiger charge is 2.26. The van der Waals surface area contributed by atoms with Crippen LogP contribution in [0.1, 0.15) is 40.0 Å². The van der Waals surface area contributed by atoms with Gasteiger partial charge in [-0.25, -0.2) is 0 Å². The molecule has 1 saturated carbocycles. The minimum Gasteiger partial charge on any atom is -0.313 e. The van der Waals surface area contributed by atoms with Crippen LogP contribution in [0.15, 0.2) is 0 Å². The summed E-state index contributed by atoms with van der Waals surface area (Å²) >= 11 is 0. The maximum atomic E-state index is 11.2. The van der Waals surface area contributed by atoms with Crippen LogP contribution in [0.5, 0.6) is 0 Å². The third-order valence-corrected chi connectivity index (χ3v) is 5.24. The van der Waals surface area contributed by atoms with Gasteiger partial charge in [-0.05, 0) is 25.2 Å². The Bertz CT molecular complexity index is 220. The second-order valence-electron chi connectivity index (χ2n) is 5.09. The zero-order valence-electron chi connectivity index (χ0n) is 10.5. The molecule has 0 aliphatic heterocycles. The Morgan fingerprint density at radius 2 is 2.07 bits per heavy atom. The van der Waals surface area contributed by atoms with E-state index in [1.807, 2.05) is 0 Å². The van der Waals surface area contributed by atoms with E-state index in [0.29, 0.717) is 6.04 Å². The lowest BCUT2D eigenvalue weighted by Crippen LogP contribution is -2.43. The summed E-state index contributed by atoms with van der Waals surface area (Å²) in [7, 11) is -0.697. The molecule has 1 N–H and O–H groups in total. The average Bonchev–Trinajstić information content (AvgIpc) is 2.19. The van der Waals surface area contributed by atoms with Gasteiger partial charge in [0.2, 0.25) is 0 Å². The molecule has 1 fully saturated rings. The second-order valence-corrected chi connectivity index (χ2v) is 6.89. The SMILES string of the molecule is CC1CCCC(NCC(C)S(C)=O)C1C. The van der Waals surface area contributed by atoms with Gasteiger partial charge in [0.15, 0.2) is 0 Å². The Morgan fingerprint density at radius 1 is 1.40 bits per heavy atom. The van der Waals surface area contributed by atoms with E-state index < -0.39 is 10.8 Å². The molecule has 0 amide bonds. The monoisotopic (exact) mass is 231 g/mol. The normalized spacial score (nSPS) is 36.1. The number of nitrogens with one attached hydrogen (secondary N) is 1. The van der Waals surface area contributed by atoms with Crippen LogP contribution < -0.4 is 5.32 Å². The summed E-state index contributed by atoms with van der Waals surface area (Å²) in [6.07, 6.45) is 5.79. The standard InChI is InChI=1S/C12H25NOS/c1-9-6-5-7-12(11(9)3)13-8-10(2)15(4)14/h9-13H,5-8H2,1-4H3. The molecule has 15 heavy (non-hydrogen) atoms. The minimum absolute atomic E-state index is 0.273. The van der Waals surface area contributed by atoms with Crippen molar-refractivity contribution >= 4 is 10.8 Å². The molecule has 0 saturated heterocycles. The largest absolute Gasteiger partial charge is 0.313 e. The topological polar surface area (TPSA) is 29.1 Å². The van der Waals surface area contributed by atoms with E-state index in [-0.39, 0.29) is 5.25 Å². The van der Waals surface area contributed by atoms with Crippen molar-refractivity contribution in [3.8, 4) is 0 Å². The van der Waals surface area contributed by atoms with E-state index in [4.69, 9.17) is 0 Å². The summed E-state index contributed by atoms with van der Waals surface area (Å²) in [5, 5.41) is 3.86. The minimum atomic E-state index is -0.697. The summed E-state index contributed by atoms with van der Waals surface area (Å²) < 4.78 is 11.2. The summed E-state index contributed by atoms with van der Waals surface area (Å²) in [6, 6.07) is 0.639. The first kappa shape index (κ1) is 13.2. The summed E-state index contributed by atoms with van der Waals surface area (Å²) in [5.74, 6) is 1.59. The predicted octanol–water partition coefficient (Wildman–Crippen LogP) is 2.17. The van der Waals surface area contributed by atoms with E-state index in [9.17, 15) is 4.21 Å². The maximum absolute atomic E-state index is 11.2. The molecule has 3 heteroatoms. The molecule has 90 valence electrons. The van der Waals surface area contributed by atoms with Crippen molar-refractivity contribution < 1.29 is 4.21 Å². The lowest BCUT2D eigenvalue weighted by molar-refractivity contribution is 0.208. The molecule has 0 radical (unpaired) electrons. The highest BCUT2D eigenvalue weighted by molar-refractivity contribution is 7.84. The number of hydrogen-bond donors (Lipinski definition) is 1. The van der Waals surface area contributed by atoms with E-state index in [1.54, 1.807) is 6.26 Å². The van der Waals surface area contributed by atoms with Crippen LogP contribution in [0, 0.1) is 11.8 Å². The van der Waals surface area contributed by atoms with Crippen molar-refractivity contribution in [1.29, 1.82) is 0 Å². The van der Waals surface area contributed by atoms with E-state index in [2.05, 4.69) is 26.1 Å². The van der Waals surface area contributed by atoms with E-state index in [0.717, 1.165) is 18.4 Å². The van der Waals surface area contributed by atoms with Gasteiger partial charge in [-0.1, -0.05) is 26.7 Å². The van der Waals surface area contributed by atoms with Gasteiger partial charge in [0, 0.05) is 34.9 Å². The molecule has 5 atom stereocenters. The van der Waals surface area contributed by atoms with Crippen LogP contribution in [0.4, 0.5) is 0 Å². The Balaban J connectivity index is 2.34. The molecule has 0 aromatic rings. The lowest BCUT2D eigenvalue weighted by Gasteiger charge is -2.35. The Hall–Kier alpha value is 0.110. The lowest BCUT2D eigenvalue weighted by atomic mass is 9.78. The molecule has 0 spiro atoms. The zero-order valence-corrected chi connectivity index (χ0v) is 11.3. The first-order valence-corrected chi connectivity index (χ1v) is 7.70. The molecule has 1 aliphatic rings. The zero-order chi connectivity index (χ0) is 11.4. The van der Waals surface area contributed by atoms with Crippen molar-refractivity contribution in [3.05, 3.63) is 0 Å². The molecule has 0 heterocycles. The first-order chi connectivity index (χ1) is 7.02. The summed E-state index contributed by atoms with van der Waals surface area (Å²) in [5.41, 5.74) is 0. The first-order valence-electron chi connectivity index (χ1n) is 6.08. The predicted molar refractivity (Wildman–Crippen MR) is 67.5 cm³/mol. The molecule has 0 aromatic carbocycles. The van der Waals surface area contributed by atoms with Gasteiger partial charge in [-0.15, -0.1) is 0 Å². The van der Waals surface area contributed by atoms with Crippen molar-refractivity contribution in [2.24, 2.45) is 11.8 Å². The maximum Gasteiger partial charge on any atom is 0.0441 e. The second kappa shape index (κ2) is 6.00. The fourth-order valence-electron chi connectivity index (χ4n) is 2.30. The van der Waals surface area contributed by atoms with Crippen molar-refractivity contribution in [2.45, 2.75) is 51.3 Å². The van der Waals surface area contributed by atoms with Gasteiger partial charge >= 0.3 is 0 Å². The molecule has 1 rings (SSSR count). The molecule has 1 aliphatic carbocycles. The van der Waals surface area contributed by atoms with Gasteiger partial charge < -0.3 is 5.32 Å². The number of rotatable bonds is 4. The summed E-state index contributed by atoms with van der Waals surface area (Å²) in [4.78, 5) is 0. The van der Waals surface area contributed by atoms with Crippen LogP contribution in [0.2, 0.25) is 0 Å². The van der Waals surface area contributed by atoms with Gasteiger partial charge in [0.1, 0.15) is 0 Å². The van der Waals surface area contributed by atoms with Gasteiger partial charge in [-0.3, -0.25) is 4.21 Å². The molecular weight excluding hydrogens is 206 g/mol. The van der Waals surface area contributed by atoms with E-state index in [1.165, 1.54) is 19.3 Å². The Morgan fingerprint density at radius 3 is 2.67 bits per heavy atom. The highest BCUT2D eigenvalue weighted by atomic mass is 32.2. The fraction of sp³-hybridized carbons (Fsp3) is 1.00. The molecule has 5 unspecified atom stereocenters. The average molecular weight is 231 g/mol. The molecule has 2 nitrogen and oxygen atoms in total. The van der Waals surface area contributed by atoms with Gasteiger partial charge in [-0.2, -0.15) is 0 Å². The third-order valence-electron chi connectivity index (χ3n) is 3.94. The van der Waals surface area contributed by atoms with E-state index >= 15 is 0 Å². The van der Waals surface area contributed by atoms with Crippen LogP contribution >= 0.6 is 0 Å². The van der Waals surface area contributed by atoms with Gasteiger partial charge in [0.25, 0.3) is 0 Å². The highest BCUT2D eigenvalue weighted by Crippen LogP contribution is 2.29. The molecular formula is C12H25NOS. The Labute approximate surface area is 96.7 Å². The number of hydrogen-bond acceptors (Lipinski definition) is 2. The summed E-state index contributed by atoms with van der Waals surface area (Å²) in [6.45, 7) is 7.64. The third kappa shape index (κ3) is 3.87. The van der Waals surface area contributed by atoms with Crippen LogP contribution in [0.25, 0.3) is 0 Å². The molecule has 0 bridgehead atoms. The fourth-order valence-corrected chi connectivity index (χ4v) is 2.64. The quantitative estimate of drug-likeness (QED) is 0.803. The van der Waals surface area contributed by atoms with Crippen LogP contribution in [-0.4, -0.2) is 28.3 Å².